The zero-order valence-electron chi connectivity index (χ0n) is 14.3. The van der Waals surface area contributed by atoms with Crippen molar-refractivity contribution in [2.45, 2.75) is 39.0 Å². The van der Waals surface area contributed by atoms with Crippen molar-refractivity contribution in [1.29, 1.82) is 0 Å². The van der Waals surface area contributed by atoms with Crippen molar-refractivity contribution in [3.63, 3.8) is 0 Å². The lowest BCUT2D eigenvalue weighted by Gasteiger charge is -2.37. The largest absolute Gasteiger partial charge is 0.371 e. The van der Waals surface area contributed by atoms with Crippen LogP contribution in [0.1, 0.15) is 49.4 Å². The van der Waals surface area contributed by atoms with Crippen LogP contribution in [0.2, 0.25) is 0 Å². The number of halogens is 1. The molecule has 0 radical (unpaired) electrons. The number of hydrogen-bond donors (Lipinski definition) is 0. The number of ketones is 1. The summed E-state index contributed by atoms with van der Waals surface area (Å²) in [6.07, 6.45) is 4.75. The second-order valence-corrected chi connectivity index (χ2v) is 6.92. The van der Waals surface area contributed by atoms with Gasteiger partial charge >= 0.3 is 0 Å². The minimum atomic E-state index is -0.443. The Morgan fingerprint density at radius 1 is 1.21 bits per heavy atom. The van der Waals surface area contributed by atoms with Gasteiger partial charge < -0.3 is 9.80 Å². The molecule has 130 valence electrons. The van der Waals surface area contributed by atoms with Gasteiger partial charge in [-0.2, -0.15) is 0 Å². The lowest BCUT2D eigenvalue weighted by molar-refractivity contribution is -0.134. The van der Waals surface area contributed by atoms with Gasteiger partial charge in [0.05, 0.1) is 11.3 Å². The Hall–Kier alpha value is -1.91. The summed E-state index contributed by atoms with van der Waals surface area (Å²) in [6, 6.07) is 4.83. The van der Waals surface area contributed by atoms with E-state index in [9.17, 15) is 14.0 Å². The van der Waals surface area contributed by atoms with E-state index >= 15 is 0 Å². The molecule has 1 aromatic carbocycles. The number of carbonyl (C=O) groups excluding carboxylic acids is 2. The van der Waals surface area contributed by atoms with E-state index in [-0.39, 0.29) is 17.3 Å². The van der Waals surface area contributed by atoms with Crippen LogP contribution in [0.4, 0.5) is 10.1 Å². The van der Waals surface area contributed by atoms with Crippen LogP contribution in [0.5, 0.6) is 0 Å². The molecule has 0 N–H and O–H groups in total. The number of carbonyl (C=O) groups is 2. The third-order valence-corrected chi connectivity index (χ3v) is 5.20. The minimum Gasteiger partial charge on any atom is -0.371 e. The Labute approximate surface area is 142 Å². The second kappa shape index (κ2) is 7.32. The summed E-state index contributed by atoms with van der Waals surface area (Å²) >= 11 is 0. The van der Waals surface area contributed by atoms with E-state index in [0.29, 0.717) is 18.0 Å². The van der Waals surface area contributed by atoms with Crippen molar-refractivity contribution in [3.05, 3.63) is 29.6 Å². The molecule has 2 saturated heterocycles. The Morgan fingerprint density at radius 2 is 1.96 bits per heavy atom. The third kappa shape index (κ3) is 3.60. The monoisotopic (exact) mass is 332 g/mol. The number of rotatable bonds is 4. The van der Waals surface area contributed by atoms with E-state index in [0.717, 1.165) is 51.9 Å². The standard InChI is InChI=1S/C19H25FN2O2/c1-14(23)19-16(20)5-4-6-17(19)21-11-8-15(9-12-21)13-22-10-3-2-7-18(22)24/h4-6,15H,2-3,7-13H2,1H3. The molecule has 0 unspecified atom stereocenters. The van der Waals surface area contributed by atoms with Crippen LogP contribution < -0.4 is 4.90 Å². The zero-order valence-corrected chi connectivity index (χ0v) is 14.3. The van der Waals surface area contributed by atoms with E-state index < -0.39 is 5.82 Å². The van der Waals surface area contributed by atoms with Gasteiger partial charge in [-0.05, 0) is 50.7 Å². The van der Waals surface area contributed by atoms with Gasteiger partial charge in [-0.15, -0.1) is 0 Å². The SMILES string of the molecule is CC(=O)c1c(F)cccc1N1CCC(CN2CCCCC2=O)CC1. The molecule has 4 nitrogen and oxygen atoms in total. The maximum Gasteiger partial charge on any atom is 0.222 e. The predicted molar refractivity (Wildman–Crippen MR) is 91.8 cm³/mol. The highest BCUT2D eigenvalue weighted by molar-refractivity contribution is 6.00. The van der Waals surface area contributed by atoms with Gasteiger partial charge in [0.25, 0.3) is 0 Å². The van der Waals surface area contributed by atoms with Crippen LogP contribution in [-0.2, 0) is 4.79 Å². The van der Waals surface area contributed by atoms with E-state index in [1.807, 2.05) is 11.0 Å². The Kier molecular flexibility index (Phi) is 5.17. The van der Waals surface area contributed by atoms with Crippen molar-refractivity contribution in [3.8, 4) is 0 Å². The van der Waals surface area contributed by atoms with Crippen LogP contribution in [0, 0.1) is 11.7 Å². The molecule has 24 heavy (non-hydrogen) atoms. The Balaban J connectivity index is 1.62. The number of anilines is 1. The molecule has 2 heterocycles. The molecule has 1 aromatic rings. The molecule has 2 aliphatic heterocycles. The predicted octanol–water partition coefficient (Wildman–Crippen LogP) is 3.26. The summed E-state index contributed by atoms with van der Waals surface area (Å²) in [6.45, 7) is 4.75. The van der Waals surface area contributed by atoms with E-state index in [1.165, 1.54) is 13.0 Å². The quantitative estimate of drug-likeness (QED) is 0.795. The molecular formula is C19H25FN2O2. The molecule has 0 aromatic heterocycles. The molecule has 0 aliphatic carbocycles. The molecule has 2 aliphatic rings. The third-order valence-electron chi connectivity index (χ3n) is 5.20. The second-order valence-electron chi connectivity index (χ2n) is 6.92. The van der Waals surface area contributed by atoms with E-state index in [1.54, 1.807) is 6.07 Å². The van der Waals surface area contributed by atoms with Crippen molar-refractivity contribution >= 4 is 17.4 Å². The molecule has 0 bridgehead atoms. The van der Waals surface area contributed by atoms with Crippen molar-refractivity contribution in [2.24, 2.45) is 5.92 Å². The molecule has 2 fully saturated rings. The average Bonchev–Trinajstić information content (AvgIpc) is 2.57. The topological polar surface area (TPSA) is 40.6 Å². The summed E-state index contributed by atoms with van der Waals surface area (Å²) in [5.74, 6) is 0.107. The number of amides is 1. The number of hydrogen-bond acceptors (Lipinski definition) is 3. The first-order chi connectivity index (χ1) is 11.6. The average molecular weight is 332 g/mol. The van der Waals surface area contributed by atoms with Gasteiger partial charge in [0.1, 0.15) is 5.82 Å². The van der Waals surface area contributed by atoms with Gasteiger partial charge in [-0.3, -0.25) is 9.59 Å². The summed E-state index contributed by atoms with van der Waals surface area (Å²) in [4.78, 5) is 27.8. The van der Waals surface area contributed by atoms with Crippen LogP contribution in [-0.4, -0.2) is 42.8 Å². The fourth-order valence-corrected chi connectivity index (χ4v) is 3.85. The molecule has 1 amide bonds. The Bertz CT molecular complexity index is 624. The van der Waals surface area contributed by atoms with Gasteiger partial charge in [-0.1, -0.05) is 6.07 Å². The van der Waals surface area contributed by atoms with Crippen molar-refractivity contribution < 1.29 is 14.0 Å². The van der Waals surface area contributed by atoms with Crippen molar-refractivity contribution in [2.75, 3.05) is 31.1 Å². The normalized spacial score (nSPS) is 19.7. The highest BCUT2D eigenvalue weighted by Crippen LogP contribution is 2.29. The van der Waals surface area contributed by atoms with Crippen LogP contribution in [0.3, 0.4) is 0 Å². The maximum atomic E-state index is 14.0. The molecule has 0 spiro atoms. The smallest absolute Gasteiger partial charge is 0.222 e. The van der Waals surface area contributed by atoms with Gasteiger partial charge in [0, 0.05) is 32.6 Å². The van der Waals surface area contributed by atoms with Crippen LogP contribution >= 0.6 is 0 Å². The first-order valence-electron chi connectivity index (χ1n) is 8.88. The molecular weight excluding hydrogens is 307 g/mol. The van der Waals surface area contributed by atoms with Gasteiger partial charge in [-0.25, -0.2) is 4.39 Å². The molecule has 0 saturated carbocycles. The number of likely N-dealkylation sites (tertiary alicyclic amines) is 1. The summed E-state index contributed by atoms with van der Waals surface area (Å²) in [5, 5.41) is 0. The maximum absolute atomic E-state index is 14.0. The number of Topliss-reactive ketones (excluding diaryl/α,β-unsaturated/α-hetero) is 1. The summed E-state index contributed by atoms with van der Waals surface area (Å²) in [5.41, 5.74) is 0.900. The summed E-state index contributed by atoms with van der Waals surface area (Å²) < 4.78 is 14.0. The minimum absolute atomic E-state index is 0.196. The van der Waals surface area contributed by atoms with Crippen LogP contribution in [0.15, 0.2) is 18.2 Å². The first kappa shape index (κ1) is 16.9. The lowest BCUT2D eigenvalue weighted by Crippen LogP contribution is -2.43. The number of benzene rings is 1. The van der Waals surface area contributed by atoms with E-state index in [4.69, 9.17) is 0 Å². The van der Waals surface area contributed by atoms with Crippen molar-refractivity contribution in [1.82, 2.24) is 4.90 Å². The van der Waals surface area contributed by atoms with Gasteiger partial charge in [0.15, 0.2) is 5.78 Å². The fourth-order valence-electron chi connectivity index (χ4n) is 3.85. The number of piperidine rings is 2. The fraction of sp³-hybridized carbons (Fsp3) is 0.579. The number of nitrogens with zero attached hydrogens (tertiary/aromatic N) is 2. The molecule has 5 heteroatoms. The molecule has 0 atom stereocenters. The highest BCUT2D eigenvalue weighted by Gasteiger charge is 2.27. The Morgan fingerprint density at radius 3 is 2.62 bits per heavy atom. The summed E-state index contributed by atoms with van der Waals surface area (Å²) in [7, 11) is 0. The van der Waals surface area contributed by atoms with E-state index in [2.05, 4.69) is 4.90 Å². The van der Waals surface area contributed by atoms with Crippen LogP contribution in [0.25, 0.3) is 0 Å². The lowest BCUT2D eigenvalue weighted by atomic mass is 9.94. The first-order valence-corrected chi connectivity index (χ1v) is 8.88. The van der Waals surface area contributed by atoms with Gasteiger partial charge in [0.2, 0.25) is 5.91 Å². The highest BCUT2D eigenvalue weighted by atomic mass is 19.1. The molecule has 3 rings (SSSR count). The zero-order chi connectivity index (χ0) is 17.1.